The first-order chi connectivity index (χ1) is 9.15. The van der Waals surface area contributed by atoms with E-state index in [1.807, 2.05) is 6.92 Å². The highest BCUT2D eigenvalue weighted by molar-refractivity contribution is 5.25. The molecule has 106 valence electrons. The van der Waals surface area contributed by atoms with Crippen LogP contribution in [0.25, 0.3) is 0 Å². The molecule has 0 aromatic heterocycles. The minimum atomic E-state index is -1.34. The molecule has 0 bridgehead atoms. The van der Waals surface area contributed by atoms with Crippen LogP contribution < -0.4 is 5.32 Å². The molecule has 1 fully saturated rings. The van der Waals surface area contributed by atoms with E-state index in [9.17, 15) is 13.2 Å². The third kappa shape index (κ3) is 3.11. The van der Waals surface area contributed by atoms with Crippen LogP contribution in [0, 0.1) is 23.4 Å². The van der Waals surface area contributed by atoms with E-state index in [-0.39, 0.29) is 5.92 Å². The third-order valence-corrected chi connectivity index (χ3v) is 4.03. The van der Waals surface area contributed by atoms with Gasteiger partial charge in [0.1, 0.15) is 0 Å². The van der Waals surface area contributed by atoms with Gasteiger partial charge >= 0.3 is 0 Å². The van der Waals surface area contributed by atoms with Crippen molar-refractivity contribution in [3.63, 3.8) is 0 Å². The molecule has 1 N–H and O–H groups in total. The number of hydrogen-bond acceptors (Lipinski definition) is 1. The minimum Gasteiger partial charge on any atom is -0.317 e. The van der Waals surface area contributed by atoms with E-state index in [0.717, 1.165) is 44.8 Å². The summed E-state index contributed by atoms with van der Waals surface area (Å²) in [5.41, 5.74) is 0.335. The summed E-state index contributed by atoms with van der Waals surface area (Å²) in [6.07, 6.45) is 4.00. The van der Waals surface area contributed by atoms with Crippen LogP contribution in [0.2, 0.25) is 0 Å². The van der Waals surface area contributed by atoms with Gasteiger partial charge in [-0.3, -0.25) is 0 Å². The van der Waals surface area contributed by atoms with Gasteiger partial charge in [0.05, 0.1) is 0 Å². The van der Waals surface area contributed by atoms with Crippen LogP contribution in [-0.4, -0.2) is 13.1 Å². The van der Waals surface area contributed by atoms with Gasteiger partial charge in [0, 0.05) is 0 Å². The maximum Gasteiger partial charge on any atom is 0.194 e. The lowest BCUT2D eigenvalue weighted by Gasteiger charge is -2.32. The molecule has 1 aromatic rings. The molecule has 1 saturated carbocycles. The summed E-state index contributed by atoms with van der Waals surface area (Å²) in [5, 5.41) is 3.27. The van der Waals surface area contributed by atoms with Crippen LogP contribution in [0.1, 0.15) is 44.1 Å². The lowest BCUT2D eigenvalue weighted by Crippen LogP contribution is -2.30. The van der Waals surface area contributed by atoms with Gasteiger partial charge in [-0.05, 0) is 49.4 Å². The Morgan fingerprint density at radius 2 is 1.84 bits per heavy atom. The molecule has 0 amide bonds. The first-order valence-corrected chi connectivity index (χ1v) is 6.99. The van der Waals surface area contributed by atoms with Gasteiger partial charge in [-0.2, -0.15) is 0 Å². The number of halogens is 3. The van der Waals surface area contributed by atoms with Crippen LogP contribution in [0.15, 0.2) is 12.1 Å². The second-order valence-electron chi connectivity index (χ2n) is 5.22. The first-order valence-electron chi connectivity index (χ1n) is 6.99. The van der Waals surface area contributed by atoms with Crippen LogP contribution in [0.5, 0.6) is 0 Å². The molecule has 0 saturated heterocycles. The molecular weight excluding hydrogens is 251 g/mol. The van der Waals surface area contributed by atoms with Crippen LogP contribution >= 0.6 is 0 Å². The maximum absolute atomic E-state index is 13.9. The molecule has 0 spiro atoms. The number of benzene rings is 1. The largest absolute Gasteiger partial charge is 0.317 e. The van der Waals surface area contributed by atoms with E-state index in [0.29, 0.717) is 11.5 Å². The van der Waals surface area contributed by atoms with Crippen LogP contribution in [0.3, 0.4) is 0 Å². The number of rotatable bonds is 4. The highest BCUT2D eigenvalue weighted by Gasteiger charge is 2.29. The van der Waals surface area contributed by atoms with E-state index < -0.39 is 17.5 Å². The third-order valence-electron chi connectivity index (χ3n) is 4.03. The number of nitrogens with one attached hydrogen (secondary N) is 1. The van der Waals surface area contributed by atoms with Gasteiger partial charge in [0.25, 0.3) is 0 Å². The van der Waals surface area contributed by atoms with Crippen molar-refractivity contribution in [2.24, 2.45) is 5.92 Å². The molecule has 1 aliphatic carbocycles. The average molecular weight is 271 g/mol. The molecule has 1 nitrogen and oxygen atoms in total. The molecule has 2 rings (SSSR count). The quantitative estimate of drug-likeness (QED) is 0.817. The SMILES string of the molecule is CCNCC1CCCCC1c1ccc(F)c(F)c1F. The van der Waals surface area contributed by atoms with Crippen LogP contribution in [-0.2, 0) is 0 Å². The molecule has 4 heteroatoms. The summed E-state index contributed by atoms with van der Waals surface area (Å²) in [5.74, 6) is -3.17. The molecule has 1 aliphatic rings. The highest BCUT2D eigenvalue weighted by atomic mass is 19.2. The van der Waals surface area contributed by atoms with E-state index >= 15 is 0 Å². The molecule has 1 aromatic carbocycles. The minimum absolute atomic E-state index is 0.0112. The van der Waals surface area contributed by atoms with Crippen molar-refractivity contribution in [2.45, 2.75) is 38.5 Å². The monoisotopic (exact) mass is 271 g/mol. The first kappa shape index (κ1) is 14.4. The van der Waals surface area contributed by atoms with E-state index in [4.69, 9.17) is 0 Å². The Bertz CT molecular complexity index is 434. The second-order valence-corrected chi connectivity index (χ2v) is 5.22. The predicted molar refractivity (Wildman–Crippen MR) is 69.6 cm³/mol. The summed E-state index contributed by atoms with van der Waals surface area (Å²) in [6.45, 7) is 3.69. The van der Waals surface area contributed by atoms with Crippen molar-refractivity contribution in [1.29, 1.82) is 0 Å². The second kappa shape index (κ2) is 6.42. The van der Waals surface area contributed by atoms with Gasteiger partial charge in [-0.15, -0.1) is 0 Å². The van der Waals surface area contributed by atoms with E-state index in [1.54, 1.807) is 0 Å². The van der Waals surface area contributed by atoms with Gasteiger partial charge in [-0.1, -0.05) is 25.8 Å². The normalized spacial score (nSPS) is 23.6. The smallest absolute Gasteiger partial charge is 0.194 e. The molecular formula is C15H20F3N. The summed E-state index contributed by atoms with van der Waals surface area (Å²) >= 11 is 0. The Balaban J connectivity index is 2.24. The lowest BCUT2D eigenvalue weighted by atomic mass is 9.75. The fourth-order valence-corrected chi connectivity index (χ4v) is 3.02. The Morgan fingerprint density at radius 3 is 2.58 bits per heavy atom. The zero-order valence-electron chi connectivity index (χ0n) is 11.2. The van der Waals surface area contributed by atoms with Crippen molar-refractivity contribution in [3.05, 3.63) is 35.1 Å². The number of hydrogen-bond donors (Lipinski definition) is 1. The molecule has 2 unspecified atom stereocenters. The Morgan fingerprint density at radius 1 is 1.11 bits per heavy atom. The Hall–Kier alpha value is -1.03. The summed E-state index contributed by atoms with van der Waals surface area (Å²) in [4.78, 5) is 0. The van der Waals surface area contributed by atoms with Crippen LogP contribution in [0.4, 0.5) is 13.2 Å². The maximum atomic E-state index is 13.9. The fraction of sp³-hybridized carbons (Fsp3) is 0.600. The molecule has 0 radical (unpaired) electrons. The van der Waals surface area contributed by atoms with E-state index in [1.165, 1.54) is 6.07 Å². The summed E-state index contributed by atoms with van der Waals surface area (Å²) < 4.78 is 40.3. The Labute approximate surface area is 112 Å². The van der Waals surface area contributed by atoms with Crippen molar-refractivity contribution in [3.8, 4) is 0 Å². The highest BCUT2D eigenvalue weighted by Crippen LogP contribution is 2.39. The molecule has 0 aliphatic heterocycles. The van der Waals surface area contributed by atoms with Crippen molar-refractivity contribution in [1.82, 2.24) is 5.32 Å². The zero-order chi connectivity index (χ0) is 13.8. The lowest BCUT2D eigenvalue weighted by molar-refractivity contribution is 0.288. The van der Waals surface area contributed by atoms with Crippen molar-refractivity contribution >= 4 is 0 Å². The molecule has 2 atom stereocenters. The van der Waals surface area contributed by atoms with E-state index in [2.05, 4.69) is 5.32 Å². The average Bonchev–Trinajstić information content (AvgIpc) is 2.43. The molecule has 19 heavy (non-hydrogen) atoms. The van der Waals surface area contributed by atoms with Gasteiger partial charge < -0.3 is 5.32 Å². The topological polar surface area (TPSA) is 12.0 Å². The fourth-order valence-electron chi connectivity index (χ4n) is 3.02. The standard InChI is InChI=1S/C15H20F3N/c1-2-19-9-10-5-3-4-6-11(10)12-7-8-13(16)15(18)14(12)17/h7-8,10-11,19H,2-6,9H2,1H3. The summed E-state index contributed by atoms with van der Waals surface area (Å²) in [6, 6.07) is 2.44. The molecule has 0 heterocycles. The van der Waals surface area contributed by atoms with Gasteiger partial charge in [0.2, 0.25) is 0 Å². The summed E-state index contributed by atoms with van der Waals surface area (Å²) in [7, 11) is 0. The van der Waals surface area contributed by atoms with Gasteiger partial charge in [-0.25, -0.2) is 13.2 Å². The van der Waals surface area contributed by atoms with Crippen molar-refractivity contribution in [2.75, 3.05) is 13.1 Å². The van der Waals surface area contributed by atoms with Gasteiger partial charge in [0.15, 0.2) is 17.5 Å². The van der Waals surface area contributed by atoms with Crippen molar-refractivity contribution < 1.29 is 13.2 Å². The predicted octanol–water partition coefficient (Wildman–Crippen LogP) is 3.99. The Kier molecular flexibility index (Phi) is 4.86. The zero-order valence-corrected chi connectivity index (χ0v) is 11.2.